The number of rotatable bonds is 2. The number of carbonyl (C=O) groups is 1. The van der Waals surface area contributed by atoms with Crippen LogP contribution >= 0.6 is 0 Å². The van der Waals surface area contributed by atoms with Gasteiger partial charge in [-0.25, -0.2) is 4.79 Å². The number of piperidine rings is 1. The maximum atomic E-state index is 11.0. The Morgan fingerprint density at radius 2 is 1.82 bits per heavy atom. The molecule has 0 radical (unpaired) electrons. The zero-order valence-electron chi connectivity index (χ0n) is 10.4. The van der Waals surface area contributed by atoms with Gasteiger partial charge in [0, 0.05) is 0 Å². The van der Waals surface area contributed by atoms with E-state index in [0.29, 0.717) is 12.2 Å². The van der Waals surface area contributed by atoms with Crippen LogP contribution in [0.25, 0.3) is 0 Å². The van der Waals surface area contributed by atoms with E-state index >= 15 is 0 Å². The normalized spacial score (nSPS) is 14.4. The Labute approximate surface area is 103 Å². The second kappa shape index (κ2) is 8.76. The fourth-order valence-electron chi connectivity index (χ4n) is 1.59. The highest BCUT2D eigenvalue weighted by atomic mass is 16.5. The number of carbonyl (C=O) groups excluding carboxylic acids is 1. The first kappa shape index (κ1) is 13.7. The molecule has 2 rings (SSSR count). The van der Waals surface area contributed by atoms with E-state index in [1.165, 1.54) is 32.4 Å². The van der Waals surface area contributed by atoms with Crippen molar-refractivity contribution in [2.45, 2.75) is 26.2 Å². The molecule has 0 bridgehead atoms. The van der Waals surface area contributed by atoms with Crippen LogP contribution in [0, 0.1) is 0 Å². The average Bonchev–Trinajstić information content (AvgIpc) is 2.43. The molecule has 1 N–H and O–H groups in total. The van der Waals surface area contributed by atoms with Crippen LogP contribution in [0.4, 0.5) is 0 Å². The molecule has 3 heteroatoms. The molecule has 94 valence electrons. The number of ether oxygens (including phenoxy) is 1. The van der Waals surface area contributed by atoms with Crippen LogP contribution < -0.4 is 5.32 Å². The van der Waals surface area contributed by atoms with Gasteiger partial charge in [0.05, 0.1) is 12.2 Å². The van der Waals surface area contributed by atoms with E-state index in [1.54, 1.807) is 19.1 Å². The molecule has 0 saturated carbocycles. The summed E-state index contributed by atoms with van der Waals surface area (Å²) < 4.78 is 4.79. The Bertz CT molecular complexity index is 296. The number of benzene rings is 1. The van der Waals surface area contributed by atoms with E-state index in [0.717, 1.165) is 0 Å². The highest BCUT2D eigenvalue weighted by molar-refractivity contribution is 5.89. The summed E-state index contributed by atoms with van der Waals surface area (Å²) in [5.74, 6) is -0.256. The Morgan fingerprint density at radius 3 is 2.24 bits per heavy atom. The summed E-state index contributed by atoms with van der Waals surface area (Å²) in [4.78, 5) is 11.0. The smallest absolute Gasteiger partial charge is 0.338 e. The second-order valence-corrected chi connectivity index (χ2v) is 3.90. The van der Waals surface area contributed by atoms with Crippen LogP contribution in [-0.4, -0.2) is 25.7 Å². The van der Waals surface area contributed by atoms with Crippen molar-refractivity contribution in [3.63, 3.8) is 0 Å². The van der Waals surface area contributed by atoms with Gasteiger partial charge in [-0.2, -0.15) is 0 Å². The molecule has 0 aliphatic carbocycles. The third kappa shape index (κ3) is 6.07. The Hall–Kier alpha value is -1.35. The quantitative estimate of drug-likeness (QED) is 0.801. The molecule has 0 aromatic heterocycles. The van der Waals surface area contributed by atoms with Crippen LogP contribution in [0.5, 0.6) is 0 Å². The highest BCUT2D eigenvalue weighted by Crippen LogP contribution is 2.00. The largest absolute Gasteiger partial charge is 0.462 e. The minimum atomic E-state index is -0.256. The summed E-state index contributed by atoms with van der Waals surface area (Å²) in [6, 6.07) is 8.96. The van der Waals surface area contributed by atoms with Gasteiger partial charge in [0.1, 0.15) is 0 Å². The predicted molar refractivity (Wildman–Crippen MR) is 69.1 cm³/mol. The minimum Gasteiger partial charge on any atom is -0.462 e. The summed E-state index contributed by atoms with van der Waals surface area (Å²) in [5, 5.41) is 3.28. The first-order valence-corrected chi connectivity index (χ1v) is 6.27. The van der Waals surface area contributed by atoms with Crippen molar-refractivity contribution >= 4 is 5.97 Å². The van der Waals surface area contributed by atoms with Crippen molar-refractivity contribution in [3.8, 4) is 0 Å². The zero-order chi connectivity index (χ0) is 12.3. The number of hydrogen-bond donors (Lipinski definition) is 1. The number of esters is 1. The summed E-state index contributed by atoms with van der Waals surface area (Å²) in [7, 11) is 0. The number of nitrogens with one attached hydrogen (secondary N) is 1. The lowest BCUT2D eigenvalue weighted by Gasteiger charge is -2.08. The molecule has 1 aromatic rings. The van der Waals surface area contributed by atoms with E-state index in [2.05, 4.69) is 5.32 Å². The van der Waals surface area contributed by atoms with Gasteiger partial charge in [0.15, 0.2) is 0 Å². The first-order valence-electron chi connectivity index (χ1n) is 6.27. The molecular formula is C14H21NO2. The monoisotopic (exact) mass is 235 g/mol. The van der Waals surface area contributed by atoms with Crippen LogP contribution in [0.15, 0.2) is 30.3 Å². The fraction of sp³-hybridized carbons (Fsp3) is 0.500. The van der Waals surface area contributed by atoms with E-state index in [9.17, 15) is 4.79 Å². The van der Waals surface area contributed by atoms with Gasteiger partial charge in [0.25, 0.3) is 0 Å². The zero-order valence-corrected chi connectivity index (χ0v) is 10.4. The molecule has 1 heterocycles. The maximum Gasteiger partial charge on any atom is 0.338 e. The van der Waals surface area contributed by atoms with Crippen molar-refractivity contribution in [2.24, 2.45) is 0 Å². The lowest BCUT2D eigenvalue weighted by molar-refractivity contribution is 0.0526. The minimum absolute atomic E-state index is 0.256. The molecule has 3 nitrogen and oxygen atoms in total. The summed E-state index contributed by atoms with van der Waals surface area (Å²) >= 11 is 0. The second-order valence-electron chi connectivity index (χ2n) is 3.90. The lowest BCUT2D eigenvalue weighted by Crippen LogP contribution is -2.21. The van der Waals surface area contributed by atoms with Gasteiger partial charge in [-0.3, -0.25) is 0 Å². The van der Waals surface area contributed by atoms with Gasteiger partial charge in [-0.05, 0) is 45.0 Å². The van der Waals surface area contributed by atoms with E-state index in [4.69, 9.17) is 4.74 Å². The average molecular weight is 235 g/mol. The van der Waals surface area contributed by atoms with Gasteiger partial charge < -0.3 is 10.1 Å². The molecule has 0 amide bonds. The van der Waals surface area contributed by atoms with Crippen molar-refractivity contribution in [1.82, 2.24) is 5.32 Å². The van der Waals surface area contributed by atoms with Gasteiger partial charge in [-0.1, -0.05) is 24.6 Å². The molecule has 1 aliphatic heterocycles. The van der Waals surface area contributed by atoms with E-state index in [-0.39, 0.29) is 5.97 Å². The predicted octanol–water partition coefficient (Wildman–Crippen LogP) is 2.62. The molecule has 0 atom stereocenters. The summed E-state index contributed by atoms with van der Waals surface area (Å²) in [5.41, 5.74) is 0.606. The first-order chi connectivity index (χ1) is 8.34. The van der Waals surface area contributed by atoms with Crippen molar-refractivity contribution in [2.75, 3.05) is 19.7 Å². The number of hydrogen-bond acceptors (Lipinski definition) is 3. The Morgan fingerprint density at radius 1 is 1.18 bits per heavy atom. The third-order valence-electron chi connectivity index (χ3n) is 2.49. The summed E-state index contributed by atoms with van der Waals surface area (Å²) in [6.45, 7) is 4.72. The third-order valence-corrected chi connectivity index (χ3v) is 2.49. The Kier molecular flexibility index (Phi) is 7.07. The van der Waals surface area contributed by atoms with Crippen molar-refractivity contribution < 1.29 is 9.53 Å². The standard InChI is InChI=1S/C9H10O2.C5H11N/c1-2-11-9(10)8-6-4-3-5-7-8;1-2-4-6-5-3-1/h3-7H,2H2,1H3;6H,1-5H2. The SMILES string of the molecule is C1CCNCC1.CCOC(=O)c1ccccc1. The van der Waals surface area contributed by atoms with Crippen molar-refractivity contribution in [3.05, 3.63) is 35.9 Å². The Balaban J connectivity index is 0.000000202. The van der Waals surface area contributed by atoms with Crippen LogP contribution in [0.3, 0.4) is 0 Å². The van der Waals surface area contributed by atoms with E-state index < -0.39 is 0 Å². The molecule has 0 spiro atoms. The molecule has 0 unspecified atom stereocenters. The molecule has 1 aromatic carbocycles. The highest BCUT2D eigenvalue weighted by Gasteiger charge is 2.02. The molecule has 1 fully saturated rings. The van der Waals surface area contributed by atoms with Gasteiger partial charge in [0.2, 0.25) is 0 Å². The van der Waals surface area contributed by atoms with Crippen LogP contribution in [0.1, 0.15) is 36.5 Å². The van der Waals surface area contributed by atoms with Gasteiger partial charge in [-0.15, -0.1) is 0 Å². The molecule has 17 heavy (non-hydrogen) atoms. The molecule has 1 saturated heterocycles. The topological polar surface area (TPSA) is 38.3 Å². The van der Waals surface area contributed by atoms with Gasteiger partial charge >= 0.3 is 5.97 Å². The molecule has 1 aliphatic rings. The fourth-order valence-corrected chi connectivity index (χ4v) is 1.59. The van der Waals surface area contributed by atoms with Crippen LogP contribution in [0.2, 0.25) is 0 Å². The summed E-state index contributed by atoms with van der Waals surface area (Å²) in [6.07, 6.45) is 4.22. The maximum absolute atomic E-state index is 11.0. The van der Waals surface area contributed by atoms with Crippen LogP contribution in [-0.2, 0) is 4.74 Å². The van der Waals surface area contributed by atoms with E-state index in [1.807, 2.05) is 18.2 Å². The molecular weight excluding hydrogens is 214 g/mol. The van der Waals surface area contributed by atoms with Crippen molar-refractivity contribution in [1.29, 1.82) is 0 Å². The lowest BCUT2D eigenvalue weighted by atomic mass is 10.2.